The monoisotopic (exact) mass is 342 g/mol. The summed E-state index contributed by atoms with van der Waals surface area (Å²) >= 11 is 1.84. The molecule has 5 heteroatoms. The Hall–Kier alpha value is -1.82. The van der Waals surface area contributed by atoms with Crippen molar-refractivity contribution < 1.29 is 10.0 Å². The predicted octanol–water partition coefficient (Wildman–Crippen LogP) is 3.21. The highest BCUT2D eigenvalue weighted by atomic mass is 32.2. The molecule has 24 heavy (non-hydrogen) atoms. The van der Waals surface area contributed by atoms with Crippen molar-refractivity contribution in [3.8, 4) is 11.1 Å². The summed E-state index contributed by atoms with van der Waals surface area (Å²) in [5.74, 6) is 1.52. The minimum atomic E-state index is -0.669. The number of carbonyl (C=O) groups is 1. The Bertz CT molecular complexity index is 668. The van der Waals surface area contributed by atoms with Crippen LogP contribution in [0, 0.1) is 0 Å². The van der Waals surface area contributed by atoms with Gasteiger partial charge >= 0.3 is 0 Å². The Morgan fingerprint density at radius 1 is 1.00 bits per heavy atom. The molecule has 0 spiro atoms. The first kappa shape index (κ1) is 17.0. The van der Waals surface area contributed by atoms with Crippen molar-refractivity contribution in [2.75, 3.05) is 11.5 Å². The standard InChI is InChI=1S/C19H22N2O2S/c22-18(21-23)19(10-12-24-13-11-19)20-14-15-6-8-17(9-7-15)16-4-2-1-3-5-16/h1-9,20,23H,10-14H2,(H,21,22). The maximum absolute atomic E-state index is 12.1. The first-order chi connectivity index (χ1) is 11.7. The molecule has 3 N–H and O–H groups in total. The van der Waals surface area contributed by atoms with Gasteiger partial charge in [-0.25, -0.2) is 5.48 Å². The van der Waals surface area contributed by atoms with Gasteiger partial charge in [-0.3, -0.25) is 15.3 Å². The van der Waals surface area contributed by atoms with E-state index in [1.165, 1.54) is 11.1 Å². The average Bonchev–Trinajstić information content (AvgIpc) is 2.67. The third-order valence-electron chi connectivity index (χ3n) is 4.57. The van der Waals surface area contributed by atoms with Crippen LogP contribution in [-0.2, 0) is 11.3 Å². The molecule has 3 rings (SSSR count). The van der Waals surface area contributed by atoms with Gasteiger partial charge in [-0.15, -0.1) is 0 Å². The zero-order valence-corrected chi connectivity index (χ0v) is 14.3. The summed E-state index contributed by atoms with van der Waals surface area (Å²) in [6, 6.07) is 18.6. The molecule has 0 aromatic heterocycles. The van der Waals surface area contributed by atoms with E-state index in [4.69, 9.17) is 5.21 Å². The lowest BCUT2D eigenvalue weighted by Crippen LogP contribution is -2.58. The molecule has 0 atom stereocenters. The van der Waals surface area contributed by atoms with Crippen LogP contribution < -0.4 is 10.8 Å². The summed E-state index contributed by atoms with van der Waals surface area (Å²) in [6.45, 7) is 0.604. The maximum Gasteiger partial charge on any atom is 0.263 e. The van der Waals surface area contributed by atoms with Crippen LogP contribution in [0.2, 0.25) is 0 Å². The Kier molecular flexibility index (Phi) is 5.56. The fourth-order valence-electron chi connectivity index (χ4n) is 3.03. The van der Waals surface area contributed by atoms with Gasteiger partial charge in [-0.2, -0.15) is 11.8 Å². The topological polar surface area (TPSA) is 61.4 Å². The minimum absolute atomic E-state index is 0.330. The fourth-order valence-corrected chi connectivity index (χ4v) is 4.22. The van der Waals surface area contributed by atoms with E-state index in [-0.39, 0.29) is 5.91 Å². The lowest BCUT2D eigenvalue weighted by atomic mass is 9.91. The van der Waals surface area contributed by atoms with Crippen molar-refractivity contribution in [1.29, 1.82) is 0 Å². The molecular weight excluding hydrogens is 320 g/mol. The van der Waals surface area contributed by atoms with Gasteiger partial charge in [-0.05, 0) is 41.0 Å². The van der Waals surface area contributed by atoms with E-state index < -0.39 is 5.54 Å². The summed E-state index contributed by atoms with van der Waals surface area (Å²) in [7, 11) is 0. The second-order valence-corrected chi connectivity index (χ2v) is 7.28. The largest absolute Gasteiger partial charge is 0.299 e. The predicted molar refractivity (Wildman–Crippen MR) is 97.9 cm³/mol. The van der Waals surface area contributed by atoms with Crippen LogP contribution in [0.15, 0.2) is 54.6 Å². The summed E-state index contributed by atoms with van der Waals surface area (Å²) in [5.41, 5.74) is 4.66. The smallest absolute Gasteiger partial charge is 0.263 e. The van der Waals surface area contributed by atoms with Gasteiger partial charge in [0, 0.05) is 6.54 Å². The molecule has 0 radical (unpaired) electrons. The number of hydrogen-bond donors (Lipinski definition) is 3. The van der Waals surface area contributed by atoms with Gasteiger partial charge < -0.3 is 0 Å². The molecule has 2 aromatic rings. The molecule has 2 aromatic carbocycles. The fraction of sp³-hybridized carbons (Fsp3) is 0.316. The van der Waals surface area contributed by atoms with Crippen LogP contribution in [0.4, 0.5) is 0 Å². The van der Waals surface area contributed by atoms with Crippen LogP contribution >= 0.6 is 11.8 Å². The molecule has 1 aliphatic heterocycles. The van der Waals surface area contributed by atoms with Crippen LogP contribution in [0.1, 0.15) is 18.4 Å². The highest BCUT2D eigenvalue weighted by Gasteiger charge is 2.39. The van der Waals surface area contributed by atoms with Crippen LogP contribution in [-0.4, -0.2) is 28.2 Å². The van der Waals surface area contributed by atoms with Gasteiger partial charge in [-0.1, -0.05) is 54.6 Å². The third kappa shape index (κ3) is 3.80. The van der Waals surface area contributed by atoms with E-state index in [0.717, 1.165) is 29.9 Å². The molecule has 1 fully saturated rings. The highest BCUT2D eigenvalue weighted by Crippen LogP contribution is 2.28. The Labute approximate surface area is 146 Å². The third-order valence-corrected chi connectivity index (χ3v) is 5.56. The number of thioether (sulfide) groups is 1. The first-order valence-corrected chi connectivity index (χ1v) is 9.31. The molecule has 0 bridgehead atoms. The van der Waals surface area contributed by atoms with E-state index >= 15 is 0 Å². The maximum atomic E-state index is 12.1. The van der Waals surface area contributed by atoms with Crippen molar-refractivity contribution in [2.45, 2.75) is 24.9 Å². The lowest BCUT2D eigenvalue weighted by molar-refractivity contribution is -0.136. The van der Waals surface area contributed by atoms with Gasteiger partial charge in [0.25, 0.3) is 5.91 Å². The van der Waals surface area contributed by atoms with Gasteiger partial charge in [0.05, 0.1) is 0 Å². The zero-order valence-electron chi connectivity index (χ0n) is 13.5. The molecule has 1 heterocycles. The summed E-state index contributed by atoms with van der Waals surface area (Å²) in [5, 5.41) is 12.4. The van der Waals surface area contributed by atoms with E-state index in [1.54, 1.807) is 0 Å². The molecule has 126 valence electrons. The Morgan fingerprint density at radius 3 is 2.25 bits per heavy atom. The number of hydroxylamine groups is 1. The van der Waals surface area contributed by atoms with Crippen molar-refractivity contribution >= 4 is 17.7 Å². The van der Waals surface area contributed by atoms with E-state index in [9.17, 15) is 4.79 Å². The summed E-state index contributed by atoms with van der Waals surface area (Å²) in [4.78, 5) is 12.1. The van der Waals surface area contributed by atoms with Crippen molar-refractivity contribution in [1.82, 2.24) is 10.8 Å². The summed E-state index contributed by atoms with van der Waals surface area (Å²) < 4.78 is 0. The van der Waals surface area contributed by atoms with Crippen molar-refractivity contribution in [3.05, 3.63) is 60.2 Å². The number of nitrogens with one attached hydrogen (secondary N) is 2. The van der Waals surface area contributed by atoms with E-state index in [2.05, 4.69) is 41.7 Å². The summed E-state index contributed by atoms with van der Waals surface area (Å²) in [6.07, 6.45) is 1.46. The Morgan fingerprint density at radius 2 is 1.62 bits per heavy atom. The quantitative estimate of drug-likeness (QED) is 0.577. The molecular formula is C19H22N2O2S. The van der Waals surface area contributed by atoms with Crippen molar-refractivity contribution in [3.63, 3.8) is 0 Å². The number of carbonyl (C=O) groups excluding carboxylic acids is 1. The normalized spacial score (nSPS) is 16.5. The second kappa shape index (κ2) is 7.83. The lowest BCUT2D eigenvalue weighted by Gasteiger charge is -2.35. The number of amides is 1. The molecule has 1 saturated heterocycles. The first-order valence-electron chi connectivity index (χ1n) is 8.15. The molecule has 1 amide bonds. The molecule has 1 aliphatic rings. The number of hydrogen-bond acceptors (Lipinski definition) is 4. The zero-order chi connectivity index (χ0) is 16.8. The highest BCUT2D eigenvalue weighted by molar-refractivity contribution is 7.99. The average molecular weight is 342 g/mol. The van der Waals surface area contributed by atoms with Crippen molar-refractivity contribution in [2.24, 2.45) is 0 Å². The van der Waals surface area contributed by atoms with Crippen LogP contribution in [0.25, 0.3) is 11.1 Å². The van der Waals surface area contributed by atoms with Gasteiger partial charge in [0.1, 0.15) is 5.54 Å². The number of benzene rings is 2. The minimum Gasteiger partial charge on any atom is -0.299 e. The van der Waals surface area contributed by atoms with Gasteiger partial charge in [0.15, 0.2) is 0 Å². The van der Waals surface area contributed by atoms with Crippen LogP contribution in [0.5, 0.6) is 0 Å². The van der Waals surface area contributed by atoms with Gasteiger partial charge in [0.2, 0.25) is 0 Å². The Balaban J connectivity index is 1.68. The van der Waals surface area contributed by atoms with E-state index in [1.807, 2.05) is 35.4 Å². The SMILES string of the molecule is O=C(NO)C1(NCc2ccc(-c3ccccc3)cc2)CCSCC1. The second-order valence-electron chi connectivity index (χ2n) is 6.05. The van der Waals surface area contributed by atoms with Crippen LogP contribution in [0.3, 0.4) is 0 Å². The molecule has 4 nitrogen and oxygen atoms in total. The molecule has 0 aliphatic carbocycles. The molecule has 0 saturated carbocycles. The van der Waals surface area contributed by atoms with E-state index in [0.29, 0.717) is 6.54 Å². The molecule has 0 unspecified atom stereocenters. The number of rotatable bonds is 5.